The van der Waals surface area contributed by atoms with E-state index >= 15 is 0 Å². The van der Waals surface area contributed by atoms with Crippen molar-refractivity contribution in [1.82, 2.24) is 5.32 Å². The van der Waals surface area contributed by atoms with Gasteiger partial charge in [-0.25, -0.2) is 0 Å². The molecule has 15 heavy (non-hydrogen) atoms. The highest BCUT2D eigenvalue weighted by Gasteiger charge is 2.23. The van der Waals surface area contributed by atoms with Crippen LogP contribution < -0.4 is 16.0 Å². The molecule has 0 saturated carbocycles. The van der Waals surface area contributed by atoms with Crippen LogP contribution in [-0.4, -0.2) is 26.2 Å². The molecule has 1 unspecified atom stereocenters. The smallest absolute Gasteiger partial charge is 0.0415 e. The normalized spacial score (nSPS) is 20.9. The topological polar surface area (TPSA) is 41.3 Å². The molecule has 0 amide bonds. The van der Waals surface area contributed by atoms with Crippen molar-refractivity contribution in [1.29, 1.82) is 0 Å². The van der Waals surface area contributed by atoms with E-state index in [1.807, 2.05) is 19.2 Å². The molecule has 1 heterocycles. The first-order valence-corrected chi connectivity index (χ1v) is 5.58. The van der Waals surface area contributed by atoms with Gasteiger partial charge >= 0.3 is 0 Å². The second-order valence-corrected chi connectivity index (χ2v) is 4.14. The molecule has 1 aromatic rings. The molecule has 1 saturated heterocycles. The number of nitrogens with two attached hydrogens (primary N) is 1. The maximum absolute atomic E-state index is 5.69. The van der Waals surface area contributed by atoms with E-state index in [2.05, 4.69) is 22.3 Å². The van der Waals surface area contributed by atoms with Gasteiger partial charge in [0.05, 0.1) is 0 Å². The van der Waals surface area contributed by atoms with Crippen molar-refractivity contribution in [2.75, 3.05) is 30.8 Å². The molecule has 82 valence electrons. The Hall–Kier alpha value is -1.22. The summed E-state index contributed by atoms with van der Waals surface area (Å²) >= 11 is 0. The number of likely N-dealkylation sites (N-methyl/N-ethyl adjacent to an activating group) is 1. The number of nitrogens with one attached hydrogen (secondary N) is 1. The summed E-state index contributed by atoms with van der Waals surface area (Å²) in [6, 6.07) is 8.82. The standard InChI is InChI=1S/C12H19N3/c1-14-9-12-3-2-8-15(12)11-6-4-10(13)5-7-11/h4-7,12,14H,2-3,8-9,13H2,1H3. The highest BCUT2D eigenvalue weighted by Crippen LogP contribution is 2.25. The van der Waals surface area contributed by atoms with E-state index in [-0.39, 0.29) is 0 Å². The third-order valence-corrected chi connectivity index (χ3v) is 3.04. The average Bonchev–Trinajstić information content (AvgIpc) is 2.68. The van der Waals surface area contributed by atoms with Crippen LogP contribution in [-0.2, 0) is 0 Å². The maximum atomic E-state index is 5.69. The summed E-state index contributed by atoms with van der Waals surface area (Å²) in [7, 11) is 2.01. The van der Waals surface area contributed by atoms with Gasteiger partial charge < -0.3 is 16.0 Å². The summed E-state index contributed by atoms with van der Waals surface area (Å²) in [5, 5.41) is 3.25. The minimum atomic E-state index is 0.638. The highest BCUT2D eigenvalue weighted by molar-refractivity contribution is 5.54. The van der Waals surface area contributed by atoms with Crippen LogP contribution in [0.5, 0.6) is 0 Å². The number of nitrogen functional groups attached to an aromatic ring is 1. The van der Waals surface area contributed by atoms with Crippen LogP contribution in [0.3, 0.4) is 0 Å². The summed E-state index contributed by atoms with van der Waals surface area (Å²) in [6.45, 7) is 2.22. The third kappa shape index (κ3) is 2.23. The van der Waals surface area contributed by atoms with Crippen LogP contribution in [0.15, 0.2) is 24.3 Å². The van der Waals surface area contributed by atoms with E-state index in [9.17, 15) is 0 Å². The Morgan fingerprint density at radius 2 is 2.13 bits per heavy atom. The fraction of sp³-hybridized carbons (Fsp3) is 0.500. The maximum Gasteiger partial charge on any atom is 0.0415 e. The van der Waals surface area contributed by atoms with Crippen molar-refractivity contribution >= 4 is 11.4 Å². The van der Waals surface area contributed by atoms with Gasteiger partial charge in [-0.1, -0.05) is 0 Å². The van der Waals surface area contributed by atoms with Gasteiger partial charge in [0, 0.05) is 30.5 Å². The van der Waals surface area contributed by atoms with Gasteiger partial charge in [0.15, 0.2) is 0 Å². The first-order valence-electron chi connectivity index (χ1n) is 5.58. The van der Waals surface area contributed by atoms with Gasteiger partial charge in [0.2, 0.25) is 0 Å². The molecule has 1 aromatic carbocycles. The predicted octanol–water partition coefficient (Wildman–Crippen LogP) is 1.46. The lowest BCUT2D eigenvalue weighted by molar-refractivity contribution is 0.615. The summed E-state index contributed by atoms with van der Waals surface area (Å²) in [4.78, 5) is 2.47. The van der Waals surface area contributed by atoms with E-state index < -0.39 is 0 Å². The Labute approximate surface area is 91.3 Å². The molecule has 0 aliphatic carbocycles. The number of hydrogen-bond acceptors (Lipinski definition) is 3. The number of hydrogen-bond donors (Lipinski definition) is 2. The van der Waals surface area contributed by atoms with E-state index in [1.165, 1.54) is 18.5 Å². The van der Waals surface area contributed by atoms with Crippen LogP contribution >= 0.6 is 0 Å². The molecule has 1 aliphatic rings. The molecule has 3 N–H and O–H groups in total. The summed E-state index contributed by atoms with van der Waals surface area (Å²) in [6.07, 6.45) is 2.57. The van der Waals surface area contributed by atoms with Crippen molar-refractivity contribution < 1.29 is 0 Å². The van der Waals surface area contributed by atoms with Crippen molar-refractivity contribution in [3.8, 4) is 0 Å². The number of anilines is 2. The Bertz CT molecular complexity index is 307. The lowest BCUT2D eigenvalue weighted by atomic mass is 10.2. The molecule has 3 heteroatoms. The molecule has 2 rings (SSSR count). The van der Waals surface area contributed by atoms with Crippen LogP contribution in [0.4, 0.5) is 11.4 Å². The molecule has 0 radical (unpaired) electrons. The Kier molecular flexibility index (Phi) is 3.11. The third-order valence-electron chi connectivity index (χ3n) is 3.04. The van der Waals surface area contributed by atoms with Crippen LogP contribution in [0, 0.1) is 0 Å². The number of benzene rings is 1. The molecule has 1 atom stereocenters. The summed E-state index contributed by atoms with van der Waals surface area (Å²) < 4.78 is 0. The van der Waals surface area contributed by atoms with E-state index in [4.69, 9.17) is 5.73 Å². The molecule has 3 nitrogen and oxygen atoms in total. The molecular weight excluding hydrogens is 186 g/mol. The van der Waals surface area contributed by atoms with E-state index in [0.717, 1.165) is 18.8 Å². The first kappa shape index (κ1) is 10.3. The quantitative estimate of drug-likeness (QED) is 0.734. The fourth-order valence-electron chi connectivity index (χ4n) is 2.29. The highest BCUT2D eigenvalue weighted by atomic mass is 15.2. The fourth-order valence-corrected chi connectivity index (χ4v) is 2.29. The SMILES string of the molecule is CNCC1CCCN1c1ccc(N)cc1. The summed E-state index contributed by atoms with van der Waals surface area (Å²) in [5.41, 5.74) is 7.82. The zero-order valence-corrected chi connectivity index (χ0v) is 9.24. The van der Waals surface area contributed by atoms with Crippen LogP contribution in [0.2, 0.25) is 0 Å². The van der Waals surface area contributed by atoms with Gasteiger partial charge in [-0.3, -0.25) is 0 Å². The van der Waals surface area contributed by atoms with Crippen molar-refractivity contribution in [3.05, 3.63) is 24.3 Å². The Balaban J connectivity index is 2.11. The average molecular weight is 205 g/mol. The minimum Gasteiger partial charge on any atom is -0.399 e. The number of nitrogens with zero attached hydrogens (tertiary/aromatic N) is 1. The molecule has 0 spiro atoms. The molecule has 1 aliphatic heterocycles. The van der Waals surface area contributed by atoms with Crippen LogP contribution in [0.25, 0.3) is 0 Å². The second-order valence-electron chi connectivity index (χ2n) is 4.14. The lowest BCUT2D eigenvalue weighted by Crippen LogP contribution is -2.36. The van der Waals surface area contributed by atoms with Gasteiger partial charge in [-0.15, -0.1) is 0 Å². The molecular formula is C12H19N3. The van der Waals surface area contributed by atoms with Crippen molar-refractivity contribution in [2.45, 2.75) is 18.9 Å². The zero-order valence-electron chi connectivity index (χ0n) is 9.24. The molecule has 0 aromatic heterocycles. The van der Waals surface area contributed by atoms with Crippen LogP contribution in [0.1, 0.15) is 12.8 Å². The van der Waals surface area contributed by atoms with Crippen molar-refractivity contribution in [3.63, 3.8) is 0 Å². The van der Waals surface area contributed by atoms with E-state index in [1.54, 1.807) is 0 Å². The van der Waals surface area contributed by atoms with Gasteiger partial charge in [0.1, 0.15) is 0 Å². The number of rotatable bonds is 3. The van der Waals surface area contributed by atoms with E-state index in [0.29, 0.717) is 6.04 Å². The monoisotopic (exact) mass is 205 g/mol. The van der Waals surface area contributed by atoms with Gasteiger partial charge in [0.25, 0.3) is 0 Å². The first-order chi connectivity index (χ1) is 7.31. The van der Waals surface area contributed by atoms with Gasteiger partial charge in [-0.05, 0) is 44.2 Å². The molecule has 0 bridgehead atoms. The van der Waals surface area contributed by atoms with Crippen molar-refractivity contribution in [2.24, 2.45) is 0 Å². The Morgan fingerprint density at radius 3 is 2.80 bits per heavy atom. The van der Waals surface area contributed by atoms with Gasteiger partial charge in [-0.2, -0.15) is 0 Å². The minimum absolute atomic E-state index is 0.638. The predicted molar refractivity (Wildman–Crippen MR) is 65.1 cm³/mol. The molecule has 1 fully saturated rings. The Morgan fingerprint density at radius 1 is 1.40 bits per heavy atom. The zero-order chi connectivity index (χ0) is 10.7. The largest absolute Gasteiger partial charge is 0.399 e. The summed E-state index contributed by atoms with van der Waals surface area (Å²) in [5.74, 6) is 0. The second kappa shape index (κ2) is 4.53. The lowest BCUT2D eigenvalue weighted by Gasteiger charge is -2.26.